The number of nitrogens with one attached hydrogen (secondary N) is 1. The van der Waals surface area contributed by atoms with Crippen molar-refractivity contribution >= 4 is 33.3 Å². The van der Waals surface area contributed by atoms with Crippen molar-refractivity contribution < 1.29 is 27.5 Å². The molecule has 1 atom stereocenters. The van der Waals surface area contributed by atoms with Crippen LogP contribution in [0, 0.1) is 11.7 Å². The highest BCUT2D eigenvalue weighted by molar-refractivity contribution is 7.92. The van der Waals surface area contributed by atoms with Crippen LogP contribution >= 0.6 is 0 Å². The molecule has 0 aliphatic carbocycles. The van der Waals surface area contributed by atoms with E-state index < -0.39 is 27.7 Å². The van der Waals surface area contributed by atoms with E-state index in [1.807, 2.05) is 0 Å². The Morgan fingerprint density at radius 2 is 1.81 bits per heavy atom. The number of amides is 1. The van der Waals surface area contributed by atoms with E-state index in [9.17, 15) is 22.4 Å². The number of halogens is 1. The summed E-state index contributed by atoms with van der Waals surface area (Å²) < 4.78 is 40.5. The van der Waals surface area contributed by atoms with Crippen LogP contribution in [0.2, 0.25) is 0 Å². The lowest BCUT2D eigenvalue weighted by atomic mass is 10.1. The number of carbonyl (C=O) groups is 2. The fourth-order valence-electron chi connectivity index (χ4n) is 2.68. The number of benzene rings is 2. The van der Waals surface area contributed by atoms with Crippen molar-refractivity contribution in [2.24, 2.45) is 5.92 Å². The normalized spacial score (nSPS) is 17.3. The quantitative estimate of drug-likeness (QED) is 0.829. The van der Waals surface area contributed by atoms with E-state index in [1.54, 1.807) is 0 Å². The summed E-state index contributed by atoms with van der Waals surface area (Å²) in [6.45, 7) is 0.0355. The number of hydrogen-bond donors (Lipinski definition) is 2. The molecule has 0 aromatic heterocycles. The van der Waals surface area contributed by atoms with Crippen molar-refractivity contribution in [3.05, 3.63) is 54.3 Å². The van der Waals surface area contributed by atoms with Crippen molar-refractivity contribution in [2.45, 2.75) is 11.3 Å². The monoisotopic (exact) mass is 378 g/mol. The van der Waals surface area contributed by atoms with Crippen LogP contribution in [0.25, 0.3) is 0 Å². The molecular weight excluding hydrogens is 363 g/mol. The van der Waals surface area contributed by atoms with Crippen LogP contribution in [0.3, 0.4) is 0 Å². The molecule has 7 nitrogen and oxygen atoms in total. The van der Waals surface area contributed by atoms with Crippen LogP contribution < -0.4 is 9.62 Å². The minimum atomic E-state index is -4.00. The lowest BCUT2D eigenvalue weighted by molar-refractivity contribution is -0.141. The summed E-state index contributed by atoms with van der Waals surface area (Å²) in [6, 6.07) is 10.8. The zero-order valence-corrected chi connectivity index (χ0v) is 14.2. The first-order valence-corrected chi connectivity index (χ1v) is 9.17. The van der Waals surface area contributed by atoms with E-state index in [1.165, 1.54) is 47.4 Å². The fraction of sp³-hybridized carbons (Fsp3) is 0.176. The largest absolute Gasteiger partial charge is 0.481 e. The number of rotatable bonds is 5. The van der Waals surface area contributed by atoms with E-state index in [4.69, 9.17) is 5.11 Å². The molecule has 1 saturated heterocycles. The highest BCUT2D eigenvalue weighted by atomic mass is 32.2. The Balaban J connectivity index is 1.80. The third-order valence-electron chi connectivity index (χ3n) is 4.05. The molecule has 2 N–H and O–H groups in total. The average molecular weight is 378 g/mol. The number of sulfonamides is 1. The van der Waals surface area contributed by atoms with Crippen LogP contribution in [0.5, 0.6) is 0 Å². The number of para-hydroxylation sites is 1. The second-order valence-electron chi connectivity index (χ2n) is 5.82. The van der Waals surface area contributed by atoms with Gasteiger partial charge in [0.2, 0.25) is 5.91 Å². The lowest BCUT2D eigenvalue weighted by Crippen LogP contribution is -2.25. The number of nitrogens with zero attached hydrogens (tertiary/aromatic N) is 1. The molecule has 0 bridgehead atoms. The number of carboxylic acid groups (broad SMARTS) is 1. The van der Waals surface area contributed by atoms with E-state index in [0.29, 0.717) is 5.69 Å². The van der Waals surface area contributed by atoms with Crippen molar-refractivity contribution in [2.75, 3.05) is 16.2 Å². The van der Waals surface area contributed by atoms with Crippen LogP contribution in [-0.4, -0.2) is 31.9 Å². The Morgan fingerprint density at radius 1 is 1.15 bits per heavy atom. The van der Waals surface area contributed by atoms with Gasteiger partial charge in [-0.15, -0.1) is 0 Å². The SMILES string of the molecule is O=C(O)[C@H]1CC(=O)N(c2ccc(S(=O)(=O)Nc3ccccc3F)cc2)C1. The first-order valence-electron chi connectivity index (χ1n) is 7.68. The van der Waals surface area contributed by atoms with Gasteiger partial charge < -0.3 is 10.0 Å². The van der Waals surface area contributed by atoms with Gasteiger partial charge in [-0.1, -0.05) is 12.1 Å². The number of carbonyl (C=O) groups excluding carboxylic acids is 1. The van der Waals surface area contributed by atoms with Crippen molar-refractivity contribution in [3.8, 4) is 0 Å². The molecule has 0 spiro atoms. The van der Waals surface area contributed by atoms with Crippen LogP contribution in [0.4, 0.5) is 15.8 Å². The molecule has 1 aliphatic rings. The second-order valence-corrected chi connectivity index (χ2v) is 7.51. The maximum atomic E-state index is 13.6. The molecule has 0 unspecified atom stereocenters. The minimum Gasteiger partial charge on any atom is -0.481 e. The van der Waals surface area contributed by atoms with Crippen molar-refractivity contribution in [1.29, 1.82) is 0 Å². The summed E-state index contributed by atoms with van der Waals surface area (Å²) in [4.78, 5) is 24.2. The standard InChI is InChI=1S/C17H15FN2O5S/c18-14-3-1-2-4-15(14)19-26(24,25)13-7-5-12(6-8-13)20-10-11(17(22)23)9-16(20)21/h1-8,11,19H,9-10H2,(H,22,23)/t11-/m0/s1. The van der Waals surface area contributed by atoms with Gasteiger partial charge in [-0.2, -0.15) is 0 Å². The van der Waals surface area contributed by atoms with E-state index in [-0.39, 0.29) is 29.5 Å². The third-order valence-corrected chi connectivity index (χ3v) is 5.43. The molecule has 2 aromatic rings. The summed E-state index contributed by atoms with van der Waals surface area (Å²) >= 11 is 0. The highest BCUT2D eigenvalue weighted by Gasteiger charge is 2.35. The Kier molecular flexibility index (Phi) is 4.64. The van der Waals surface area contributed by atoms with E-state index >= 15 is 0 Å². The fourth-order valence-corrected chi connectivity index (χ4v) is 3.74. The molecule has 136 valence electrons. The molecule has 3 rings (SSSR count). The molecule has 0 saturated carbocycles. The summed E-state index contributed by atoms with van der Waals surface area (Å²) in [5, 5.41) is 9.01. The predicted octanol–water partition coefficient (Wildman–Crippen LogP) is 2.06. The maximum absolute atomic E-state index is 13.6. The minimum absolute atomic E-state index is 0.0355. The summed E-state index contributed by atoms with van der Waals surface area (Å²) in [7, 11) is -4.00. The Bertz CT molecular complexity index is 959. The predicted molar refractivity (Wildman–Crippen MR) is 91.7 cm³/mol. The second kappa shape index (κ2) is 6.75. The summed E-state index contributed by atoms with van der Waals surface area (Å²) in [5.74, 6) is -2.87. The van der Waals surface area contributed by atoms with Crippen LogP contribution in [-0.2, 0) is 19.6 Å². The Labute approximate surface area is 149 Å². The Morgan fingerprint density at radius 3 is 2.38 bits per heavy atom. The molecule has 9 heteroatoms. The summed E-state index contributed by atoms with van der Waals surface area (Å²) in [6.07, 6.45) is -0.0930. The van der Waals surface area contributed by atoms with Gasteiger partial charge in [-0.3, -0.25) is 14.3 Å². The average Bonchev–Trinajstić information content (AvgIpc) is 2.99. The number of aliphatic carboxylic acids is 1. The first-order chi connectivity index (χ1) is 12.3. The molecule has 1 amide bonds. The van der Waals surface area contributed by atoms with E-state index in [0.717, 1.165) is 6.07 Å². The summed E-state index contributed by atoms with van der Waals surface area (Å²) in [5.41, 5.74) is 0.235. The highest BCUT2D eigenvalue weighted by Crippen LogP contribution is 2.27. The van der Waals surface area contributed by atoms with Gasteiger partial charge in [0.1, 0.15) is 5.82 Å². The van der Waals surface area contributed by atoms with Crippen LogP contribution in [0.15, 0.2) is 53.4 Å². The van der Waals surface area contributed by atoms with Crippen LogP contribution in [0.1, 0.15) is 6.42 Å². The maximum Gasteiger partial charge on any atom is 0.308 e. The Hall–Kier alpha value is -2.94. The smallest absolute Gasteiger partial charge is 0.308 e. The van der Waals surface area contributed by atoms with Gasteiger partial charge >= 0.3 is 5.97 Å². The number of hydrogen-bond acceptors (Lipinski definition) is 4. The van der Waals surface area contributed by atoms with Gasteiger partial charge in [-0.25, -0.2) is 12.8 Å². The third kappa shape index (κ3) is 3.52. The lowest BCUT2D eigenvalue weighted by Gasteiger charge is -2.16. The number of carboxylic acids is 1. The first kappa shape index (κ1) is 17.9. The molecule has 0 radical (unpaired) electrons. The van der Waals surface area contributed by atoms with E-state index in [2.05, 4.69) is 4.72 Å². The topological polar surface area (TPSA) is 104 Å². The number of anilines is 2. The molecule has 1 fully saturated rings. The molecule has 1 heterocycles. The molecule has 2 aromatic carbocycles. The zero-order valence-electron chi connectivity index (χ0n) is 13.4. The zero-order chi connectivity index (χ0) is 18.9. The van der Waals surface area contributed by atoms with Gasteiger partial charge in [0.05, 0.1) is 16.5 Å². The van der Waals surface area contributed by atoms with Gasteiger partial charge in [0, 0.05) is 18.7 Å². The van der Waals surface area contributed by atoms with Gasteiger partial charge in [0.15, 0.2) is 0 Å². The van der Waals surface area contributed by atoms with Gasteiger partial charge in [-0.05, 0) is 36.4 Å². The van der Waals surface area contributed by atoms with Gasteiger partial charge in [0.25, 0.3) is 10.0 Å². The molecule has 1 aliphatic heterocycles. The molecule has 26 heavy (non-hydrogen) atoms. The molecular formula is C17H15FN2O5S. The van der Waals surface area contributed by atoms with Crippen molar-refractivity contribution in [1.82, 2.24) is 0 Å². The van der Waals surface area contributed by atoms with Crippen molar-refractivity contribution in [3.63, 3.8) is 0 Å².